The summed E-state index contributed by atoms with van der Waals surface area (Å²) in [5.41, 5.74) is 7.54. The highest BCUT2D eigenvalue weighted by atomic mass is 79.9. The molecule has 15 heavy (non-hydrogen) atoms. The minimum atomic E-state index is 0.0278. The van der Waals surface area contributed by atoms with Crippen molar-refractivity contribution < 1.29 is 0 Å². The van der Waals surface area contributed by atoms with Gasteiger partial charge in [-0.1, -0.05) is 0 Å². The van der Waals surface area contributed by atoms with Crippen molar-refractivity contribution in [2.24, 2.45) is 5.73 Å². The third-order valence-electron chi connectivity index (χ3n) is 2.26. The summed E-state index contributed by atoms with van der Waals surface area (Å²) in [6.45, 7) is 4.25. The highest BCUT2D eigenvalue weighted by Crippen LogP contribution is 2.34. The molecule has 0 fully saturated rings. The van der Waals surface area contributed by atoms with Crippen molar-refractivity contribution in [1.29, 1.82) is 0 Å². The molecule has 0 aliphatic rings. The first-order chi connectivity index (χ1) is 7.08. The maximum atomic E-state index is 6.24. The molecule has 0 aliphatic carbocycles. The molecule has 2 aromatic rings. The molecule has 2 heterocycles. The van der Waals surface area contributed by atoms with Crippen molar-refractivity contribution in [1.82, 2.24) is 0 Å². The smallest absolute Gasteiger partial charge is 0.0743 e. The van der Waals surface area contributed by atoms with Crippen LogP contribution >= 0.6 is 38.6 Å². The minimum Gasteiger partial charge on any atom is -0.319 e. The Balaban J connectivity index is 2.35. The minimum absolute atomic E-state index is 0.0278. The number of nitrogens with two attached hydrogens (primary N) is 1. The molecule has 0 aliphatic heterocycles. The Kier molecular flexibility index (Phi) is 3.30. The van der Waals surface area contributed by atoms with Crippen LogP contribution in [-0.4, -0.2) is 0 Å². The van der Waals surface area contributed by atoms with E-state index in [4.69, 9.17) is 5.73 Å². The van der Waals surface area contributed by atoms with Gasteiger partial charge in [-0.2, -0.15) is 0 Å². The molecule has 0 spiro atoms. The molecular formula is C11H12BrNS2. The van der Waals surface area contributed by atoms with E-state index >= 15 is 0 Å². The van der Waals surface area contributed by atoms with E-state index in [1.165, 1.54) is 20.2 Å². The molecule has 1 nitrogen and oxygen atoms in total. The second-order valence-corrected chi connectivity index (χ2v) is 7.31. The standard InChI is InChI=1S/C11H12BrNS2/c1-6-5-7(2)14-11(6)10(13)8-3-4-9(12)15-8/h3-5,10H,13H2,1-2H3. The van der Waals surface area contributed by atoms with Crippen LogP contribution in [0.25, 0.3) is 0 Å². The van der Waals surface area contributed by atoms with Gasteiger partial charge < -0.3 is 5.73 Å². The lowest BCUT2D eigenvalue weighted by atomic mass is 10.1. The van der Waals surface area contributed by atoms with E-state index in [1.807, 2.05) is 0 Å². The van der Waals surface area contributed by atoms with E-state index < -0.39 is 0 Å². The molecule has 4 heteroatoms. The predicted molar refractivity (Wildman–Crippen MR) is 71.8 cm³/mol. The maximum absolute atomic E-state index is 6.24. The van der Waals surface area contributed by atoms with E-state index in [2.05, 4.69) is 48.0 Å². The van der Waals surface area contributed by atoms with Crippen molar-refractivity contribution in [3.63, 3.8) is 0 Å². The van der Waals surface area contributed by atoms with Crippen LogP contribution in [0, 0.1) is 13.8 Å². The molecular weight excluding hydrogens is 290 g/mol. The zero-order valence-corrected chi connectivity index (χ0v) is 11.8. The summed E-state index contributed by atoms with van der Waals surface area (Å²) in [7, 11) is 0. The molecule has 0 amide bonds. The van der Waals surface area contributed by atoms with Crippen LogP contribution in [0.3, 0.4) is 0 Å². The Morgan fingerprint density at radius 1 is 1.27 bits per heavy atom. The van der Waals surface area contributed by atoms with Crippen LogP contribution in [0.1, 0.15) is 26.2 Å². The molecule has 0 saturated heterocycles. The van der Waals surface area contributed by atoms with Gasteiger partial charge in [-0.15, -0.1) is 22.7 Å². The van der Waals surface area contributed by atoms with Gasteiger partial charge in [-0.05, 0) is 53.5 Å². The summed E-state index contributed by atoms with van der Waals surface area (Å²) < 4.78 is 1.14. The lowest BCUT2D eigenvalue weighted by molar-refractivity contribution is 0.908. The fraction of sp³-hybridized carbons (Fsp3) is 0.273. The summed E-state index contributed by atoms with van der Waals surface area (Å²) in [4.78, 5) is 3.82. The molecule has 0 radical (unpaired) electrons. The van der Waals surface area contributed by atoms with Crippen molar-refractivity contribution in [3.8, 4) is 0 Å². The second-order valence-electron chi connectivity index (χ2n) is 3.52. The van der Waals surface area contributed by atoms with Gasteiger partial charge in [0.25, 0.3) is 0 Å². The monoisotopic (exact) mass is 301 g/mol. The average molecular weight is 302 g/mol. The summed E-state index contributed by atoms with van der Waals surface area (Å²) in [5.74, 6) is 0. The fourth-order valence-electron chi connectivity index (χ4n) is 1.59. The Hall–Kier alpha value is -0.160. The number of thiophene rings is 2. The average Bonchev–Trinajstić information content (AvgIpc) is 2.71. The van der Waals surface area contributed by atoms with Gasteiger partial charge in [-0.3, -0.25) is 0 Å². The molecule has 1 atom stereocenters. The third-order valence-corrected chi connectivity index (χ3v) is 5.20. The zero-order valence-electron chi connectivity index (χ0n) is 8.58. The Morgan fingerprint density at radius 3 is 2.47 bits per heavy atom. The maximum Gasteiger partial charge on any atom is 0.0743 e. The molecule has 0 bridgehead atoms. The van der Waals surface area contributed by atoms with Crippen molar-refractivity contribution >= 4 is 38.6 Å². The Bertz CT molecular complexity index is 473. The van der Waals surface area contributed by atoms with E-state index in [1.54, 1.807) is 22.7 Å². The van der Waals surface area contributed by atoms with Crippen molar-refractivity contribution in [3.05, 3.63) is 42.2 Å². The van der Waals surface area contributed by atoms with Gasteiger partial charge >= 0.3 is 0 Å². The fourth-order valence-corrected chi connectivity index (χ4v) is 4.16. The molecule has 2 aromatic heterocycles. The molecule has 1 unspecified atom stereocenters. The zero-order chi connectivity index (χ0) is 11.0. The van der Waals surface area contributed by atoms with Crippen molar-refractivity contribution in [2.45, 2.75) is 19.9 Å². The van der Waals surface area contributed by atoms with Gasteiger partial charge in [0.1, 0.15) is 0 Å². The van der Waals surface area contributed by atoms with E-state index in [0.717, 1.165) is 3.79 Å². The second kappa shape index (κ2) is 4.37. The van der Waals surface area contributed by atoms with Crippen LogP contribution in [0.15, 0.2) is 22.0 Å². The Labute approximate surface area is 106 Å². The number of hydrogen-bond donors (Lipinski definition) is 1. The summed E-state index contributed by atoms with van der Waals surface area (Å²) >= 11 is 6.96. The van der Waals surface area contributed by atoms with Gasteiger partial charge in [0.2, 0.25) is 0 Å². The molecule has 80 valence electrons. The van der Waals surface area contributed by atoms with E-state index in [0.29, 0.717) is 0 Å². The SMILES string of the molecule is Cc1cc(C)c(C(N)c2ccc(Br)s2)s1. The third kappa shape index (κ3) is 2.33. The van der Waals surface area contributed by atoms with Crippen LogP contribution in [0.4, 0.5) is 0 Å². The quantitative estimate of drug-likeness (QED) is 0.882. The van der Waals surface area contributed by atoms with Crippen LogP contribution in [0.5, 0.6) is 0 Å². The van der Waals surface area contributed by atoms with Gasteiger partial charge in [0.05, 0.1) is 9.83 Å². The summed E-state index contributed by atoms with van der Waals surface area (Å²) in [6, 6.07) is 6.37. The molecule has 2 rings (SSSR count). The Morgan fingerprint density at radius 2 is 2.00 bits per heavy atom. The van der Waals surface area contributed by atoms with Gasteiger partial charge in [-0.25, -0.2) is 0 Å². The first-order valence-corrected chi connectivity index (χ1v) is 7.08. The summed E-state index contributed by atoms with van der Waals surface area (Å²) in [6.07, 6.45) is 0. The highest BCUT2D eigenvalue weighted by molar-refractivity contribution is 9.11. The lowest BCUT2D eigenvalue weighted by Gasteiger charge is -2.08. The lowest BCUT2D eigenvalue weighted by Crippen LogP contribution is -2.09. The normalized spacial score (nSPS) is 13.1. The van der Waals surface area contributed by atoms with Crippen molar-refractivity contribution in [2.75, 3.05) is 0 Å². The first-order valence-electron chi connectivity index (χ1n) is 4.65. The molecule has 2 N–H and O–H groups in total. The molecule has 0 aromatic carbocycles. The first kappa shape index (κ1) is 11.3. The van der Waals surface area contributed by atoms with Gasteiger partial charge in [0, 0.05) is 14.6 Å². The molecule has 0 saturated carbocycles. The predicted octanol–water partition coefficient (Wildman–Crippen LogP) is 4.24. The topological polar surface area (TPSA) is 26.0 Å². The summed E-state index contributed by atoms with van der Waals surface area (Å²) in [5, 5.41) is 0. The number of hydrogen-bond acceptors (Lipinski definition) is 3. The van der Waals surface area contributed by atoms with Gasteiger partial charge in [0.15, 0.2) is 0 Å². The largest absolute Gasteiger partial charge is 0.319 e. The number of aryl methyl sites for hydroxylation is 2. The van der Waals surface area contributed by atoms with Crippen LogP contribution in [0.2, 0.25) is 0 Å². The van der Waals surface area contributed by atoms with E-state index in [-0.39, 0.29) is 6.04 Å². The highest BCUT2D eigenvalue weighted by Gasteiger charge is 2.15. The van der Waals surface area contributed by atoms with E-state index in [9.17, 15) is 0 Å². The number of rotatable bonds is 2. The van der Waals surface area contributed by atoms with Crippen LogP contribution in [-0.2, 0) is 0 Å². The number of halogens is 1. The van der Waals surface area contributed by atoms with Crippen LogP contribution < -0.4 is 5.73 Å².